The van der Waals surface area contributed by atoms with Crippen LogP contribution in [0.3, 0.4) is 0 Å². The Bertz CT molecular complexity index is 529. The van der Waals surface area contributed by atoms with Crippen LogP contribution in [0.25, 0.3) is 0 Å². The van der Waals surface area contributed by atoms with E-state index in [4.69, 9.17) is 0 Å². The minimum absolute atomic E-state index is 0.0239. The van der Waals surface area contributed by atoms with Crippen LogP contribution in [0.15, 0.2) is 36.5 Å². The van der Waals surface area contributed by atoms with Gasteiger partial charge in [-0.15, -0.1) is 0 Å². The van der Waals surface area contributed by atoms with Gasteiger partial charge in [-0.3, -0.25) is 0 Å². The molecule has 4 heteroatoms. The molecule has 1 N–H and O–H groups in total. The van der Waals surface area contributed by atoms with Gasteiger partial charge in [0.2, 0.25) is 0 Å². The molecule has 2 aliphatic rings. The van der Waals surface area contributed by atoms with Gasteiger partial charge in [-0.2, -0.15) is 0 Å². The topological polar surface area (TPSA) is 35.6 Å². The molecule has 0 spiro atoms. The SMILES string of the molecule is Cc1cccc(N2CCN(C(=O)N/C=C/C3CC3)CC2)c1. The van der Waals surface area contributed by atoms with Crippen molar-refractivity contribution in [2.45, 2.75) is 19.8 Å². The van der Waals surface area contributed by atoms with Crippen molar-refractivity contribution in [2.24, 2.45) is 5.92 Å². The summed E-state index contributed by atoms with van der Waals surface area (Å²) >= 11 is 0. The Labute approximate surface area is 126 Å². The maximum Gasteiger partial charge on any atom is 0.321 e. The zero-order valence-electron chi connectivity index (χ0n) is 12.6. The maximum atomic E-state index is 12.0. The van der Waals surface area contributed by atoms with Crippen molar-refractivity contribution in [3.8, 4) is 0 Å². The third-order valence-corrected chi connectivity index (χ3v) is 4.13. The van der Waals surface area contributed by atoms with E-state index in [0.29, 0.717) is 5.92 Å². The Balaban J connectivity index is 1.49. The Kier molecular flexibility index (Phi) is 4.13. The van der Waals surface area contributed by atoms with Gasteiger partial charge in [-0.25, -0.2) is 4.79 Å². The highest BCUT2D eigenvalue weighted by Gasteiger charge is 2.21. The number of amides is 2. The van der Waals surface area contributed by atoms with Crippen LogP contribution in [0.5, 0.6) is 0 Å². The predicted molar refractivity (Wildman–Crippen MR) is 85.4 cm³/mol. The lowest BCUT2D eigenvalue weighted by Crippen LogP contribution is -2.51. The zero-order chi connectivity index (χ0) is 14.7. The first-order chi connectivity index (χ1) is 10.2. The highest BCUT2D eigenvalue weighted by atomic mass is 16.2. The van der Waals surface area contributed by atoms with Crippen molar-refractivity contribution in [1.29, 1.82) is 0 Å². The Morgan fingerprint density at radius 2 is 2.00 bits per heavy atom. The first-order valence-electron chi connectivity index (χ1n) is 7.76. The molecule has 1 aliphatic carbocycles. The number of urea groups is 1. The van der Waals surface area contributed by atoms with Crippen molar-refractivity contribution < 1.29 is 4.79 Å². The highest BCUT2D eigenvalue weighted by molar-refractivity contribution is 5.75. The standard InChI is InChI=1S/C17H23N3O/c1-14-3-2-4-16(13-14)19-9-11-20(12-10-19)17(21)18-8-7-15-5-6-15/h2-4,7-8,13,15H,5-6,9-12H2,1H3,(H,18,21)/b8-7+. The fourth-order valence-corrected chi connectivity index (χ4v) is 2.63. The minimum Gasteiger partial charge on any atom is -0.368 e. The fraction of sp³-hybridized carbons (Fsp3) is 0.471. The molecule has 2 fully saturated rings. The molecule has 0 unspecified atom stereocenters. The van der Waals surface area contributed by atoms with Crippen molar-refractivity contribution in [3.63, 3.8) is 0 Å². The van der Waals surface area contributed by atoms with Crippen LogP contribution in [0, 0.1) is 12.8 Å². The maximum absolute atomic E-state index is 12.0. The molecule has 1 aromatic rings. The van der Waals surface area contributed by atoms with Gasteiger partial charge < -0.3 is 15.1 Å². The van der Waals surface area contributed by atoms with E-state index in [1.807, 2.05) is 11.1 Å². The molecule has 0 radical (unpaired) electrons. The summed E-state index contributed by atoms with van der Waals surface area (Å²) in [6.45, 7) is 5.44. The molecule has 0 bridgehead atoms. The van der Waals surface area contributed by atoms with Crippen LogP contribution in [0.2, 0.25) is 0 Å². The summed E-state index contributed by atoms with van der Waals surface area (Å²) in [5.74, 6) is 0.698. The number of nitrogens with one attached hydrogen (secondary N) is 1. The van der Waals surface area contributed by atoms with Gasteiger partial charge in [0, 0.05) is 38.1 Å². The number of hydrogen-bond donors (Lipinski definition) is 1. The van der Waals surface area contributed by atoms with Gasteiger partial charge in [0.25, 0.3) is 0 Å². The number of aryl methyl sites for hydroxylation is 1. The largest absolute Gasteiger partial charge is 0.368 e. The molecule has 1 saturated heterocycles. The average Bonchev–Trinajstić information content (AvgIpc) is 3.31. The summed E-state index contributed by atoms with van der Waals surface area (Å²) in [5.41, 5.74) is 2.53. The zero-order valence-corrected chi connectivity index (χ0v) is 12.6. The molecule has 1 aromatic carbocycles. The molecule has 2 amide bonds. The van der Waals surface area contributed by atoms with Crippen molar-refractivity contribution in [1.82, 2.24) is 10.2 Å². The highest BCUT2D eigenvalue weighted by Crippen LogP contribution is 2.29. The number of carbonyl (C=O) groups is 1. The third-order valence-electron chi connectivity index (χ3n) is 4.13. The van der Waals surface area contributed by atoms with E-state index in [2.05, 4.69) is 47.5 Å². The fourth-order valence-electron chi connectivity index (χ4n) is 2.63. The summed E-state index contributed by atoms with van der Waals surface area (Å²) in [4.78, 5) is 16.3. The lowest BCUT2D eigenvalue weighted by atomic mass is 10.2. The first-order valence-corrected chi connectivity index (χ1v) is 7.76. The average molecular weight is 285 g/mol. The molecular formula is C17H23N3O. The number of benzene rings is 1. The smallest absolute Gasteiger partial charge is 0.321 e. The summed E-state index contributed by atoms with van der Waals surface area (Å²) in [6.07, 6.45) is 6.44. The van der Waals surface area contributed by atoms with Gasteiger partial charge in [0.15, 0.2) is 0 Å². The summed E-state index contributed by atoms with van der Waals surface area (Å²) in [6, 6.07) is 8.57. The monoisotopic (exact) mass is 285 g/mol. The number of rotatable bonds is 3. The Morgan fingerprint density at radius 1 is 1.24 bits per heavy atom. The van der Waals surface area contributed by atoms with Crippen LogP contribution in [-0.4, -0.2) is 37.1 Å². The van der Waals surface area contributed by atoms with Crippen molar-refractivity contribution in [2.75, 3.05) is 31.1 Å². The normalized spacial score (nSPS) is 19.1. The minimum atomic E-state index is 0.0239. The lowest BCUT2D eigenvalue weighted by Gasteiger charge is -2.36. The number of hydrogen-bond acceptors (Lipinski definition) is 2. The van der Waals surface area contributed by atoms with E-state index in [1.54, 1.807) is 0 Å². The van der Waals surface area contributed by atoms with E-state index >= 15 is 0 Å². The lowest BCUT2D eigenvalue weighted by molar-refractivity contribution is 0.198. The second kappa shape index (κ2) is 6.20. The van der Waals surface area contributed by atoms with Crippen molar-refractivity contribution in [3.05, 3.63) is 42.1 Å². The molecule has 0 atom stereocenters. The number of piperazine rings is 1. The van der Waals surface area contributed by atoms with Gasteiger partial charge >= 0.3 is 6.03 Å². The number of allylic oxidation sites excluding steroid dienone is 1. The summed E-state index contributed by atoms with van der Waals surface area (Å²) in [5, 5.41) is 2.88. The van der Waals surface area contributed by atoms with E-state index in [-0.39, 0.29) is 6.03 Å². The summed E-state index contributed by atoms with van der Waals surface area (Å²) < 4.78 is 0. The van der Waals surface area contributed by atoms with Crippen LogP contribution in [-0.2, 0) is 0 Å². The van der Waals surface area contributed by atoms with Crippen LogP contribution >= 0.6 is 0 Å². The first kappa shape index (κ1) is 14.0. The van der Waals surface area contributed by atoms with Gasteiger partial charge in [0.05, 0.1) is 0 Å². The van der Waals surface area contributed by atoms with Crippen LogP contribution < -0.4 is 10.2 Å². The van der Waals surface area contributed by atoms with E-state index in [9.17, 15) is 4.79 Å². The van der Waals surface area contributed by atoms with E-state index in [0.717, 1.165) is 26.2 Å². The van der Waals surface area contributed by atoms with E-state index < -0.39 is 0 Å². The molecule has 112 valence electrons. The van der Waals surface area contributed by atoms with Crippen LogP contribution in [0.4, 0.5) is 10.5 Å². The van der Waals surface area contributed by atoms with Crippen molar-refractivity contribution >= 4 is 11.7 Å². The molecule has 3 rings (SSSR count). The molecule has 4 nitrogen and oxygen atoms in total. The van der Waals surface area contributed by atoms with Gasteiger partial charge in [-0.05, 0) is 43.4 Å². The second-order valence-electron chi connectivity index (χ2n) is 5.96. The number of carbonyl (C=O) groups excluding carboxylic acids is 1. The quantitative estimate of drug-likeness (QED) is 0.927. The third kappa shape index (κ3) is 3.78. The molecule has 1 aliphatic heterocycles. The Hall–Kier alpha value is -1.97. The molecule has 1 heterocycles. The summed E-state index contributed by atoms with van der Waals surface area (Å²) in [7, 11) is 0. The van der Waals surface area contributed by atoms with Crippen LogP contribution in [0.1, 0.15) is 18.4 Å². The second-order valence-corrected chi connectivity index (χ2v) is 5.96. The van der Waals surface area contributed by atoms with Gasteiger partial charge in [0.1, 0.15) is 0 Å². The number of anilines is 1. The molecule has 0 aromatic heterocycles. The van der Waals surface area contributed by atoms with Gasteiger partial charge in [-0.1, -0.05) is 18.2 Å². The Morgan fingerprint density at radius 3 is 2.67 bits per heavy atom. The van der Waals surface area contributed by atoms with E-state index in [1.165, 1.54) is 24.1 Å². The molecule has 1 saturated carbocycles. The number of nitrogens with zero attached hydrogens (tertiary/aromatic N) is 2. The predicted octanol–water partition coefficient (Wildman–Crippen LogP) is 2.75. The molecular weight excluding hydrogens is 262 g/mol. The molecule has 21 heavy (non-hydrogen) atoms.